The van der Waals surface area contributed by atoms with E-state index < -0.39 is 12.0 Å². The molecule has 0 aliphatic rings. The summed E-state index contributed by atoms with van der Waals surface area (Å²) in [6, 6.07) is -0.622. The molecule has 1 atom stereocenters. The predicted octanol–water partition coefficient (Wildman–Crippen LogP) is 1.51. The quantitative estimate of drug-likeness (QED) is 0.801. The molecule has 0 aromatic carbocycles. The number of carbonyl (C=O) groups is 1. The topological polar surface area (TPSA) is 68.0 Å². The van der Waals surface area contributed by atoms with Gasteiger partial charge in [0.25, 0.3) is 0 Å². The van der Waals surface area contributed by atoms with E-state index in [0.717, 1.165) is 18.5 Å². The lowest BCUT2D eigenvalue weighted by Crippen LogP contribution is -2.24. The van der Waals surface area contributed by atoms with E-state index in [2.05, 4.69) is 17.2 Å². The summed E-state index contributed by atoms with van der Waals surface area (Å²) >= 11 is 0. The zero-order valence-corrected chi connectivity index (χ0v) is 9.34. The molecule has 0 amide bonds. The Balaban J connectivity index is 2.87. The summed E-state index contributed by atoms with van der Waals surface area (Å²) in [5, 5.41) is 16.9. The minimum Gasteiger partial charge on any atom is -0.480 e. The third kappa shape index (κ3) is 2.78. The first-order chi connectivity index (χ1) is 7.06. The molecule has 1 rings (SSSR count). The lowest BCUT2D eigenvalue weighted by atomic mass is 10.1. The maximum atomic E-state index is 11.0. The second-order valence-electron chi connectivity index (χ2n) is 3.97. The molecule has 1 unspecified atom stereocenters. The van der Waals surface area contributed by atoms with Gasteiger partial charge in [-0.25, -0.2) is 9.48 Å². The van der Waals surface area contributed by atoms with Crippen LogP contribution in [0.2, 0.25) is 0 Å². The Hall–Kier alpha value is -1.39. The standard InChI is InChI=1S/C10H17N3O2/c1-4-5-8-6-13(12-11-8)9(7(2)3)10(14)15/h6-7,9H,4-5H2,1-3H3,(H,14,15). The van der Waals surface area contributed by atoms with Crippen LogP contribution < -0.4 is 0 Å². The molecule has 1 aromatic heterocycles. The Labute approximate surface area is 89.1 Å². The van der Waals surface area contributed by atoms with Crippen LogP contribution >= 0.6 is 0 Å². The van der Waals surface area contributed by atoms with Gasteiger partial charge in [0, 0.05) is 6.20 Å². The first-order valence-corrected chi connectivity index (χ1v) is 5.19. The van der Waals surface area contributed by atoms with Crippen molar-refractivity contribution in [3.8, 4) is 0 Å². The maximum Gasteiger partial charge on any atom is 0.328 e. The zero-order valence-electron chi connectivity index (χ0n) is 9.34. The van der Waals surface area contributed by atoms with Gasteiger partial charge in [-0.05, 0) is 12.3 Å². The Kier molecular flexibility index (Phi) is 3.82. The van der Waals surface area contributed by atoms with Crippen LogP contribution in [0.15, 0.2) is 6.20 Å². The molecule has 0 aliphatic heterocycles. The van der Waals surface area contributed by atoms with Crippen LogP contribution in [-0.2, 0) is 11.2 Å². The monoisotopic (exact) mass is 211 g/mol. The molecule has 5 heteroatoms. The number of carboxylic acid groups (broad SMARTS) is 1. The van der Waals surface area contributed by atoms with Crippen LogP contribution in [0.5, 0.6) is 0 Å². The van der Waals surface area contributed by atoms with Crippen molar-refractivity contribution in [2.24, 2.45) is 5.92 Å². The number of aliphatic carboxylic acids is 1. The fourth-order valence-corrected chi connectivity index (χ4v) is 1.52. The largest absolute Gasteiger partial charge is 0.480 e. The summed E-state index contributed by atoms with van der Waals surface area (Å²) in [7, 11) is 0. The highest BCUT2D eigenvalue weighted by Crippen LogP contribution is 2.17. The van der Waals surface area contributed by atoms with Crippen LogP contribution in [0, 0.1) is 5.92 Å². The zero-order chi connectivity index (χ0) is 11.4. The van der Waals surface area contributed by atoms with E-state index >= 15 is 0 Å². The van der Waals surface area contributed by atoms with Crippen LogP contribution in [0.25, 0.3) is 0 Å². The molecule has 15 heavy (non-hydrogen) atoms. The third-order valence-electron chi connectivity index (χ3n) is 2.23. The van der Waals surface area contributed by atoms with Crippen molar-refractivity contribution in [3.05, 3.63) is 11.9 Å². The van der Waals surface area contributed by atoms with Gasteiger partial charge >= 0.3 is 5.97 Å². The molecule has 0 aliphatic carbocycles. The Bertz CT molecular complexity index is 333. The fourth-order valence-electron chi connectivity index (χ4n) is 1.52. The Morgan fingerprint density at radius 1 is 1.60 bits per heavy atom. The van der Waals surface area contributed by atoms with Gasteiger partial charge in [-0.3, -0.25) is 0 Å². The molecule has 1 N–H and O–H groups in total. The van der Waals surface area contributed by atoms with Crippen molar-refractivity contribution in [3.63, 3.8) is 0 Å². The van der Waals surface area contributed by atoms with Gasteiger partial charge in [0.2, 0.25) is 0 Å². The number of hydrogen-bond acceptors (Lipinski definition) is 3. The van der Waals surface area contributed by atoms with Crippen molar-refractivity contribution in [2.45, 2.75) is 39.7 Å². The lowest BCUT2D eigenvalue weighted by molar-refractivity contribution is -0.142. The van der Waals surface area contributed by atoms with Crippen molar-refractivity contribution in [1.29, 1.82) is 0 Å². The summed E-state index contributed by atoms with van der Waals surface area (Å²) in [6.07, 6.45) is 3.55. The van der Waals surface area contributed by atoms with E-state index in [0.29, 0.717) is 0 Å². The van der Waals surface area contributed by atoms with E-state index in [4.69, 9.17) is 5.11 Å². The van der Waals surface area contributed by atoms with Crippen molar-refractivity contribution in [2.75, 3.05) is 0 Å². The van der Waals surface area contributed by atoms with Gasteiger partial charge < -0.3 is 5.11 Å². The number of aromatic nitrogens is 3. The van der Waals surface area contributed by atoms with Crippen LogP contribution in [0.4, 0.5) is 0 Å². The predicted molar refractivity (Wildman–Crippen MR) is 55.5 cm³/mol. The van der Waals surface area contributed by atoms with Gasteiger partial charge in [0.1, 0.15) is 0 Å². The first-order valence-electron chi connectivity index (χ1n) is 5.19. The van der Waals surface area contributed by atoms with Gasteiger partial charge in [0.05, 0.1) is 5.69 Å². The van der Waals surface area contributed by atoms with Crippen molar-refractivity contribution < 1.29 is 9.90 Å². The number of rotatable bonds is 5. The molecular formula is C10H17N3O2. The van der Waals surface area contributed by atoms with Crippen molar-refractivity contribution >= 4 is 5.97 Å². The lowest BCUT2D eigenvalue weighted by Gasteiger charge is -2.15. The van der Waals surface area contributed by atoms with E-state index in [1.807, 2.05) is 13.8 Å². The van der Waals surface area contributed by atoms with Crippen LogP contribution in [-0.4, -0.2) is 26.1 Å². The number of aryl methyl sites for hydroxylation is 1. The second-order valence-corrected chi connectivity index (χ2v) is 3.97. The van der Waals surface area contributed by atoms with E-state index in [1.165, 1.54) is 4.68 Å². The Morgan fingerprint density at radius 3 is 2.73 bits per heavy atom. The minimum atomic E-state index is -0.863. The summed E-state index contributed by atoms with van der Waals surface area (Å²) in [4.78, 5) is 11.0. The number of hydrogen-bond donors (Lipinski definition) is 1. The molecule has 0 radical (unpaired) electrons. The third-order valence-corrected chi connectivity index (χ3v) is 2.23. The molecule has 1 aromatic rings. The first kappa shape index (κ1) is 11.7. The maximum absolute atomic E-state index is 11.0. The fraction of sp³-hybridized carbons (Fsp3) is 0.700. The molecular weight excluding hydrogens is 194 g/mol. The van der Waals surface area contributed by atoms with Crippen LogP contribution in [0.3, 0.4) is 0 Å². The minimum absolute atomic E-state index is 0.00123. The summed E-state index contributed by atoms with van der Waals surface area (Å²) in [6.45, 7) is 5.77. The highest BCUT2D eigenvalue weighted by molar-refractivity contribution is 5.71. The summed E-state index contributed by atoms with van der Waals surface area (Å²) < 4.78 is 1.44. The normalized spacial score (nSPS) is 13.1. The molecule has 0 fully saturated rings. The van der Waals surface area contributed by atoms with Gasteiger partial charge in [0.15, 0.2) is 6.04 Å². The number of carboxylic acids is 1. The van der Waals surface area contributed by atoms with Crippen LogP contribution in [0.1, 0.15) is 38.9 Å². The Morgan fingerprint density at radius 2 is 2.27 bits per heavy atom. The SMILES string of the molecule is CCCc1cn(C(C(=O)O)C(C)C)nn1. The van der Waals surface area contributed by atoms with Gasteiger partial charge in [-0.2, -0.15) is 0 Å². The highest BCUT2D eigenvalue weighted by atomic mass is 16.4. The molecule has 1 heterocycles. The average molecular weight is 211 g/mol. The summed E-state index contributed by atoms with van der Waals surface area (Å²) in [5.74, 6) is -0.864. The smallest absolute Gasteiger partial charge is 0.328 e. The average Bonchev–Trinajstić information content (AvgIpc) is 2.52. The molecule has 0 saturated heterocycles. The van der Waals surface area contributed by atoms with Gasteiger partial charge in [-0.15, -0.1) is 5.10 Å². The van der Waals surface area contributed by atoms with Gasteiger partial charge in [-0.1, -0.05) is 32.4 Å². The molecule has 84 valence electrons. The molecule has 0 spiro atoms. The van der Waals surface area contributed by atoms with Crippen molar-refractivity contribution in [1.82, 2.24) is 15.0 Å². The molecule has 5 nitrogen and oxygen atoms in total. The van der Waals surface area contributed by atoms with E-state index in [9.17, 15) is 4.79 Å². The highest BCUT2D eigenvalue weighted by Gasteiger charge is 2.24. The molecule has 0 bridgehead atoms. The number of nitrogens with zero attached hydrogens (tertiary/aromatic N) is 3. The summed E-state index contributed by atoms with van der Waals surface area (Å²) in [5.41, 5.74) is 0.851. The molecule has 0 saturated carbocycles. The van der Waals surface area contributed by atoms with E-state index in [1.54, 1.807) is 6.20 Å². The second kappa shape index (κ2) is 4.91. The van der Waals surface area contributed by atoms with E-state index in [-0.39, 0.29) is 5.92 Å².